The number of hydrogen-bond donors (Lipinski definition) is 2. The monoisotopic (exact) mass is 622 g/mol. The van der Waals surface area contributed by atoms with E-state index in [0.717, 1.165) is 6.34 Å². The summed E-state index contributed by atoms with van der Waals surface area (Å²) in [6.07, 6.45) is 0.750. The molecule has 8 heavy (non-hydrogen) atoms. The van der Waals surface area contributed by atoms with E-state index in [9.17, 15) is 0 Å². The van der Waals surface area contributed by atoms with Gasteiger partial charge in [0, 0.05) is 0 Å². The largest absolute Gasteiger partial charge is 2.00 e. The Bertz CT molecular complexity index is 24.8. The zero-order chi connectivity index (χ0) is 2.71. The molecule has 2 radical (unpaired) electrons. The summed E-state index contributed by atoms with van der Waals surface area (Å²) in [7, 11) is 0. The van der Waals surface area contributed by atoms with Gasteiger partial charge in [0.2, 0.25) is 0 Å². The van der Waals surface area contributed by atoms with Crippen LogP contribution in [0.5, 0.6) is 0 Å². The molecule has 0 aliphatic rings. The van der Waals surface area contributed by atoms with Crippen LogP contribution in [-0.2, 0) is 0 Å². The van der Waals surface area contributed by atoms with Crippen molar-refractivity contribution in [2.75, 3.05) is 0 Å². The van der Waals surface area contributed by atoms with E-state index >= 15 is 0 Å². The molecule has 3 N–H and O–H groups in total. The van der Waals surface area contributed by atoms with Crippen LogP contribution < -0.4 is 126 Å². The molecule has 2 nitrogen and oxygen atoms in total. The molecule has 0 fully saturated rings. The fraction of sp³-hybridized carbons (Fsp3) is 0. The van der Waals surface area contributed by atoms with Gasteiger partial charge in [-0.25, -0.2) is 0 Å². The summed E-state index contributed by atoms with van der Waals surface area (Å²) < 4.78 is 0. The van der Waals surface area contributed by atoms with Crippen LogP contribution in [0.4, 0.5) is 0 Å². The third-order valence-electron chi connectivity index (χ3n) is 0. The van der Waals surface area contributed by atoms with Crippen molar-refractivity contribution in [3.63, 3.8) is 0 Å². The van der Waals surface area contributed by atoms with E-state index in [0.29, 0.717) is 0 Å². The van der Waals surface area contributed by atoms with Crippen LogP contribution in [0.3, 0.4) is 0 Å². The Labute approximate surface area is 160 Å². The first-order chi connectivity index (χ1) is 1.41. The Morgan fingerprint density at radius 1 is 1.12 bits per heavy atom. The molecule has 0 aromatic rings. The normalized spacial score (nSPS) is 1.50. The molecule has 0 bridgehead atoms. The molecule has 0 aromatic carbocycles. The van der Waals surface area contributed by atoms with Gasteiger partial charge in [0.1, 0.15) is 0 Å². The third-order valence-corrected chi connectivity index (χ3v) is 0. The molecular formula is CH4Br3CsN2Pb. The van der Waals surface area contributed by atoms with Crippen molar-refractivity contribution in [3.05, 3.63) is 0 Å². The number of hydrogen-bond acceptors (Lipinski definition) is 1. The zero-order valence-electron chi connectivity index (χ0n) is 4.29. The Morgan fingerprint density at radius 3 is 1.12 bits per heavy atom. The summed E-state index contributed by atoms with van der Waals surface area (Å²) in [5.74, 6) is 0. The first kappa shape index (κ1) is 40.7. The second kappa shape index (κ2) is 44.6. The van der Waals surface area contributed by atoms with Crippen LogP contribution in [0.25, 0.3) is 0 Å². The quantitative estimate of drug-likeness (QED) is 0.157. The Balaban J connectivity index is -0.00000000200. The van der Waals surface area contributed by atoms with Gasteiger partial charge in [-0.1, -0.05) is 0 Å². The third kappa shape index (κ3) is 51.7. The molecule has 0 spiro atoms. The molecule has 7 heteroatoms. The van der Waals surface area contributed by atoms with Crippen LogP contribution in [-0.4, -0.2) is 33.6 Å². The second-order valence-corrected chi connectivity index (χ2v) is 0.167. The summed E-state index contributed by atoms with van der Waals surface area (Å²) >= 11 is 0. The first-order valence-electron chi connectivity index (χ1n) is 0.622. The van der Waals surface area contributed by atoms with Crippen molar-refractivity contribution in [2.24, 2.45) is 5.73 Å². The fourth-order valence-electron chi connectivity index (χ4n) is 0. The first-order valence-corrected chi connectivity index (χ1v) is 0.622. The van der Waals surface area contributed by atoms with Gasteiger partial charge in [-0.05, 0) is 0 Å². The number of halogens is 3. The van der Waals surface area contributed by atoms with Gasteiger partial charge in [-0.15, -0.1) is 0 Å². The molecule has 0 saturated heterocycles. The SMILES string of the molecule is N=CN.[Br-].[Br-].[Br-].[Cs+].[Pb+2]. The number of rotatable bonds is 0. The molecule has 0 rings (SSSR count). The van der Waals surface area contributed by atoms with Gasteiger partial charge in [0.15, 0.2) is 0 Å². The van der Waals surface area contributed by atoms with Crippen LogP contribution >= 0.6 is 0 Å². The van der Waals surface area contributed by atoms with Gasteiger partial charge >= 0.3 is 96.2 Å². The smallest absolute Gasteiger partial charge is 1.00 e. The minimum Gasteiger partial charge on any atom is -1.00 e. The van der Waals surface area contributed by atoms with Gasteiger partial charge in [0.25, 0.3) is 0 Å². The molecule has 0 saturated carbocycles. The molecule has 0 aliphatic carbocycles. The predicted octanol–water partition coefficient (Wildman–Crippen LogP) is -12.8. The predicted molar refractivity (Wildman–Crippen MR) is 18.7 cm³/mol. The van der Waals surface area contributed by atoms with E-state index in [1.807, 2.05) is 0 Å². The van der Waals surface area contributed by atoms with E-state index in [-0.39, 0.29) is 147 Å². The Morgan fingerprint density at radius 2 is 1.12 bits per heavy atom. The van der Waals surface area contributed by atoms with Gasteiger partial charge in [-0.3, -0.25) is 5.41 Å². The second-order valence-electron chi connectivity index (χ2n) is 0.167. The zero-order valence-corrected chi connectivity index (χ0v) is 19.2. The molecular weight excluding hydrogens is 620 g/mol. The maximum absolute atomic E-state index is 5.86. The van der Waals surface area contributed by atoms with Crippen LogP contribution in [0.15, 0.2) is 0 Å². The molecule has 0 unspecified atom stereocenters. The van der Waals surface area contributed by atoms with Crippen molar-refractivity contribution < 1.29 is 120 Å². The molecule has 0 heterocycles. The van der Waals surface area contributed by atoms with Crippen molar-refractivity contribution in [2.45, 2.75) is 0 Å². The minimum absolute atomic E-state index is 0. The average Bonchev–Trinajstić information content (AvgIpc) is 0.918. The molecule has 44 valence electrons. The van der Waals surface area contributed by atoms with Gasteiger partial charge in [-0.2, -0.15) is 0 Å². The van der Waals surface area contributed by atoms with E-state index in [4.69, 9.17) is 5.41 Å². The molecule has 0 amide bonds. The van der Waals surface area contributed by atoms with E-state index < -0.39 is 0 Å². The minimum atomic E-state index is 0. The fourth-order valence-corrected chi connectivity index (χ4v) is 0. The van der Waals surface area contributed by atoms with E-state index in [1.54, 1.807) is 0 Å². The number of nitrogens with two attached hydrogens (primary N) is 1. The maximum atomic E-state index is 5.86. The summed E-state index contributed by atoms with van der Waals surface area (Å²) in [6, 6.07) is 0. The standard InChI is InChI=1S/CH4N2.3BrH.Cs.Pb/c2-1-3;;;;;/h1H,(H3,2,3);3*1H;;/q;;;;+1;+2/p-3. The van der Waals surface area contributed by atoms with E-state index in [1.165, 1.54) is 0 Å². The number of nitrogens with one attached hydrogen (secondary N) is 1. The topological polar surface area (TPSA) is 49.9 Å². The average molecular weight is 624 g/mol. The molecule has 0 aliphatic heterocycles. The van der Waals surface area contributed by atoms with E-state index in [2.05, 4.69) is 5.73 Å². The molecule has 0 aromatic heterocycles. The molecule has 0 atom stereocenters. The van der Waals surface area contributed by atoms with Crippen LogP contribution in [0.1, 0.15) is 0 Å². The van der Waals surface area contributed by atoms with Crippen molar-refractivity contribution in [3.8, 4) is 0 Å². The van der Waals surface area contributed by atoms with Crippen LogP contribution in [0.2, 0.25) is 0 Å². The summed E-state index contributed by atoms with van der Waals surface area (Å²) in [6.45, 7) is 0. The summed E-state index contributed by atoms with van der Waals surface area (Å²) in [4.78, 5) is 0. The van der Waals surface area contributed by atoms with Crippen molar-refractivity contribution in [1.82, 2.24) is 0 Å². The van der Waals surface area contributed by atoms with Crippen LogP contribution in [0, 0.1) is 5.41 Å². The van der Waals surface area contributed by atoms with Gasteiger partial charge in [0.05, 0.1) is 6.34 Å². The van der Waals surface area contributed by atoms with Crippen molar-refractivity contribution >= 4 is 33.6 Å². The summed E-state index contributed by atoms with van der Waals surface area (Å²) in [5, 5.41) is 5.86. The van der Waals surface area contributed by atoms with Gasteiger partial charge < -0.3 is 56.7 Å². The Kier molecular flexibility index (Phi) is 227. The van der Waals surface area contributed by atoms with Crippen molar-refractivity contribution in [1.29, 1.82) is 5.41 Å². The Hall–Kier alpha value is 3.88. The summed E-state index contributed by atoms with van der Waals surface area (Å²) in [5.41, 5.74) is 4.39. The maximum Gasteiger partial charge on any atom is 2.00 e.